The van der Waals surface area contributed by atoms with Crippen LogP contribution in [0, 0.1) is 5.92 Å². The zero-order chi connectivity index (χ0) is 10.3. The van der Waals surface area contributed by atoms with Crippen molar-refractivity contribution in [1.82, 2.24) is 4.90 Å². The second kappa shape index (κ2) is 7.65. The molecule has 13 heavy (non-hydrogen) atoms. The van der Waals surface area contributed by atoms with Crippen LogP contribution >= 0.6 is 11.8 Å². The second-order valence-electron chi connectivity index (χ2n) is 3.93. The predicted octanol–water partition coefficient (Wildman–Crippen LogP) is 1.65. The van der Waals surface area contributed by atoms with E-state index in [-0.39, 0.29) is 0 Å². The summed E-state index contributed by atoms with van der Waals surface area (Å²) >= 11 is 1.91. The zero-order valence-electron chi connectivity index (χ0n) is 9.42. The fourth-order valence-electron chi connectivity index (χ4n) is 1.42. The molecule has 0 bridgehead atoms. The van der Waals surface area contributed by atoms with E-state index in [1.165, 1.54) is 12.3 Å². The van der Waals surface area contributed by atoms with E-state index in [9.17, 15) is 0 Å². The van der Waals surface area contributed by atoms with Gasteiger partial charge in [-0.1, -0.05) is 6.92 Å². The summed E-state index contributed by atoms with van der Waals surface area (Å²) in [5.74, 6) is 1.94. The van der Waals surface area contributed by atoms with Crippen LogP contribution in [0.2, 0.25) is 0 Å². The molecule has 0 aliphatic carbocycles. The Labute approximate surface area is 87.2 Å². The molecule has 0 heterocycles. The average Bonchev–Trinajstić information content (AvgIpc) is 2.05. The lowest BCUT2D eigenvalue weighted by Gasteiger charge is -2.26. The lowest BCUT2D eigenvalue weighted by molar-refractivity contribution is 0.236. The lowest BCUT2D eigenvalue weighted by Crippen LogP contribution is -2.35. The smallest absolute Gasteiger partial charge is 0.0155 e. The quantitative estimate of drug-likeness (QED) is 0.684. The van der Waals surface area contributed by atoms with Crippen LogP contribution in [-0.4, -0.2) is 43.1 Å². The molecule has 0 fully saturated rings. The number of hydrogen-bond donors (Lipinski definition) is 1. The van der Waals surface area contributed by atoms with E-state index in [1.807, 2.05) is 11.8 Å². The van der Waals surface area contributed by atoms with Crippen LogP contribution in [-0.2, 0) is 0 Å². The summed E-state index contributed by atoms with van der Waals surface area (Å²) in [4.78, 5) is 2.43. The molecular weight excluding hydrogens is 180 g/mol. The predicted molar refractivity (Wildman–Crippen MR) is 63.3 cm³/mol. The molecule has 0 amide bonds. The van der Waals surface area contributed by atoms with Crippen molar-refractivity contribution in [1.29, 1.82) is 0 Å². The molecule has 0 aromatic rings. The third-order valence-electron chi connectivity index (χ3n) is 2.42. The van der Waals surface area contributed by atoms with Gasteiger partial charge in [0.15, 0.2) is 0 Å². The summed E-state index contributed by atoms with van der Waals surface area (Å²) in [5.41, 5.74) is 5.52. The highest BCUT2D eigenvalue weighted by molar-refractivity contribution is 7.98. The summed E-state index contributed by atoms with van der Waals surface area (Å²) in [6.07, 6.45) is 3.30. The van der Waals surface area contributed by atoms with Crippen LogP contribution in [0.15, 0.2) is 0 Å². The van der Waals surface area contributed by atoms with E-state index in [0.717, 1.165) is 18.9 Å². The molecule has 0 aromatic heterocycles. The summed E-state index contributed by atoms with van der Waals surface area (Å²) < 4.78 is 0. The number of rotatable bonds is 7. The van der Waals surface area contributed by atoms with Crippen LogP contribution < -0.4 is 5.73 Å². The topological polar surface area (TPSA) is 29.3 Å². The molecule has 2 nitrogen and oxygen atoms in total. The van der Waals surface area contributed by atoms with Gasteiger partial charge in [-0.15, -0.1) is 0 Å². The first-order valence-corrected chi connectivity index (χ1v) is 6.40. The number of nitrogens with two attached hydrogens (primary N) is 1. The first-order chi connectivity index (χ1) is 6.11. The highest BCUT2D eigenvalue weighted by atomic mass is 32.2. The van der Waals surface area contributed by atoms with Gasteiger partial charge in [0.25, 0.3) is 0 Å². The summed E-state index contributed by atoms with van der Waals surface area (Å²) in [6.45, 7) is 6.53. The third kappa shape index (κ3) is 6.36. The van der Waals surface area contributed by atoms with E-state index in [4.69, 9.17) is 5.73 Å². The van der Waals surface area contributed by atoms with Crippen molar-refractivity contribution >= 4 is 11.8 Å². The van der Waals surface area contributed by atoms with E-state index >= 15 is 0 Å². The molecule has 2 unspecified atom stereocenters. The molecule has 2 atom stereocenters. The molecule has 0 saturated carbocycles. The summed E-state index contributed by atoms with van der Waals surface area (Å²) in [5, 5.41) is 0. The maximum atomic E-state index is 5.52. The SMILES string of the molecule is CSCC(C)N(C)CC(C)CCN. The first-order valence-electron chi connectivity index (χ1n) is 5.01. The van der Waals surface area contributed by atoms with E-state index in [0.29, 0.717) is 6.04 Å². The van der Waals surface area contributed by atoms with Crippen LogP contribution in [0.1, 0.15) is 20.3 Å². The highest BCUT2D eigenvalue weighted by Crippen LogP contribution is 2.08. The van der Waals surface area contributed by atoms with Crippen molar-refractivity contribution < 1.29 is 0 Å². The van der Waals surface area contributed by atoms with Gasteiger partial charge in [0, 0.05) is 18.3 Å². The van der Waals surface area contributed by atoms with Crippen molar-refractivity contribution in [3.05, 3.63) is 0 Å². The van der Waals surface area contributed by atoms with Crippen LogP contribution in [0.5, 0.6) is 0 Å². The number of hydrogen-bond acceptors (Lipinski definition) is 3. The zero-order valence-corrected chi connectivity index (χ0v) is 10.2. The Morgan fingerprint density at radius 1 is 1.38 bits per heavy atom. The number of nitrogens with zero attached hydrogens (tertiary/aromatic N) is 1. The lowest BCUT2D eigenvalue weighted by atomic mass is 10.1. The van der Waals surface area contributed by atoms with Gasteiger partial charge in [-0.3, -0.25) is 0 Å². The Morgan fingerprint density at radius 2 is 2.00 bits per heavy atom. The van der Waals surface area contributed by atoms with Gasteiger partial charge in [0.05, 0.1) is 0 Å². The maximum Gasteiger partial charge on any atom is 0.0155 e. The van der Waals surface area contributed by atoms with Gasteiger partial charge in [-0.05, 0) is 39.1 Å². The van der Waals surface area contributed by atoms with Crippen LogP contribution in [0.25, 0.3) is 0 Å². The molecule has 2 N–H and O–H groups in total. The van der Waals surface area contributed by atoms with Crippen molar-refractivity contribution in [2.24, 2.45) is 11.7 Å². The van der Waals surface area contributed by atoms with Gasteiger partial charge in [0.1, 0.15) is 0 Å². The van der Waals surface area contributed by atoms with E-state index in [2.05, 4.69) is 32.1 Å². The first kappa shape index (κ1) is 13.3. The van der Waals surface area contributed by atoms with E-state index < -0.39 is 0 Å². The van der Waals surface area contributed by atoms with Gasteiger partial charge in [-0.2, -0.15) is 11.8 Å². The van der Waals surface area contributed by atoms with Crippen molar-refractivity contribution in [2.75, 3.05) is 32.1 Å². The van der Waals surface area contributed by atoms with E-state index in [1.54, 1.807) is 0 Å². The number of thioether (sulfide) groups is 1. The highest BCUT2D eigenvalue weighted by Gasteiger charge is 2.11. The Kier molecular flexibility index (Phi) is 7.81. The summed E-state index contributed by atoms with van der Waals surface area (Å²) in [7, 11) is 2.20. The van der Waals surface area contributed by atoms with Crippen molar-refractivity contribution in [3.8, 4) is 0 Å². The average molecular weight is 204 g/mol. The Bertz CT molecular complexity index is 119. The fourth-order valence-corrected chi connectivity index (χ4v) is 2.15. The van der Waals surface area contributed by atoms with Crippen molar-refractivity contribution in [2.45, 2.75) is 26.3 Å². The molecule has 0 aromatic carbocycles. The molecule has 0 saturated heterocycles. The molecular formula is C10H24N2S. The summed E-state index contributed by atoms with van der Waals surface area (Å²) in [6, 6.07) is 0.676. The van der Waals surface area contributed by atoms with Crippen LogP contribution in [0.4, 0.5) is 0 Å². The minimum atomic E-state index is 0.676. The van der Waals surface area contributed by atoms with Crippen LogP contribution in [0.3, 0.4) is 0 Å². The van der Waals surface area contributed by atoms with Gasteiger partial charge in [-0.25, -0.2) is 0 Å². The molecule has 0 rings (SSSR count). The normalized spacial score (nSPS) is 16.2. The Hall–Kier alpha value is 0.270. The van der Waals surface area contributed by atoms with Gasteiger partial charge in [0.2, 0.25) is 0 Å². The van der Waals surface area contributed by atoms with Gasteiger partial charge < -0.3 is 10.6 Å². The minimum absolute atomic E-state index is 0.676. The molecule has 80 valence electrons. The standard InChI is InChI=1S/C10H24N2S/c1-9(5-6-11)7-12(3)10(2)8-13-4/h9-10H,5-8,11H2,1-4H3. The second-order valence-corrected chi connectivity index (χ2v) is 4.84. The molecule has 0 aliphatic rings. The molecule has 3 heteroatoms. The van der Waals surface area contributed by atoms with Crippen molar-refractivity contribution in [3.63, 3.8) is 0 Å². The Balaban J connectivity index is 3.64. The third-order valence-corrected chi connectivity index (χ3v) is 3.24. The molecule has 0 spiro atoms. The maximum absolute atomic E-state index is 5.52. The largest absolute Gasteiger partial charge is 0.330 e. The minimum Gasteiger partial charge on any atom is -0.330 e. The molecule has 0 radical (unpaired) electrons. The fraction of sp³-hybridized carbons (Fsp3) is 1.00. The Morgan fingerprint density at radius 3 is 2.46 bits per heavy atom. The molecule has 0 aliphatic heterocycles. The van der Waals surface area contributed by atoms with Gasteiger partial charge >= 0.3 is 0 Å². The monoisotopic (exact) mass is 204 g/mol.